The Morgan fingerprint density at radius 2 is 1.95 bits per heavy atom. The van der Waals surface area contributed by atoms with E-state index in [1.54, 1.807) is 24.3 Å². The van der Waals surface area contributed by atoms with E-state index in [4.69, 9.17) is 0 Å². The van der Waals surface area contributed by atoms with Gasteiger partial charge in [-0.15, -0.1) is 0 Å². The number of carbonyl (C=O) groups is 1. The van der Waals surface area contributed by atoms with Gasteiger partial charge < -0.3 is 9.64 Å². The van der Waals surface area contributed by atoms with E-state index < -0.39 is 5.97 Å². The van der Waals surface area contributed by atoms with E-state index in [-0.39, 0.29) is 5.82 Å². The van der Waals surface area contributed by atoms with Crippen molar-refractivity contribution < 1.29 is 13.9 Å². The summed E-state index contributed by atoms with van der Waals surface area (Å²) in [4.78, 5) is 17.5. The van der Waals surface area contributed by atoms with E-state index in [2.05, 4.69) is 9.72 Å². The normalized spacial score (nSPS) is 10.2. The first-order valence-corrected chi connectivity index (χ1v) is 6.10. The predicted molar refractivity (Wildman–Crippen MR) is 74.1 cm³/mol. The molecule has 0 saturated heterocycles. The molecule has 0 N–H and O–H groups in total. The fourth-order valence-electron chi connectivity index (χ4n) is 1.79. The molecule has 104 valence electrons. The summed E-state index contributed by atoms with van der Waals surface area (Å²) in [7, 11) is 3.22. The molecule has 0 saturated carbocycles. The van der Waals surface area contributed by atoms with Crippen LogP contribution >= 0.6 is 0 Å². The van der Waals surface area contributed by atoms with Gasteiger partial charge in [-0.05, 0) is 36.4 Å². The number of ether oxygens (including phenoxy) is 1. The van der Waals surface area contributed by atoms with Crippen LogP contribution in [0.3, 0.4) is 0 Å². The Morgan fingerprint density at radius 3 is 2.50 bits per heavy atom. The van der Waals surface area contributed by atoms with Crippen LogP contribution in [0.1, 0.15) is 16.1 Å². The van der Waals surface area contributed by atoms with Gasteiger partial charge in [0.2, 0.25) is 0 Å². The number of methoxy groups -OCH3 is 1. The monoisotopic (exact) mass is 274 g/mol. The minimum absolute atomic E-state index is 0.261. The number of aromatic nitrogens is 1. The average molecular weight is 274 g/mol. The van der Waals surface area contributed by atoms with Crippen LogP contribution in [0, 0.1) is 5.82 Å². The van der Waals surface area contributed by atoms with Gasteiger partial charge in [-0.1, -0.05) is 0 Å². The highest BCUT2D eigenvalue weighted by atomic mass is 19.1. The first-order chi connectivity index (χ1) is 9.60. The maximum absolute atomic E-state index is 12.9. The van der Waals surface area contributed by atoms with Crippen molar-refractivity contribution in [1.29, 1.82) is 0 Å². The molecule has 5 heteroatoms. The number of halogens is 1. The van der Waals surface area contributed by atoms with Crippen molar-refractivity contribution in [1.82, 2.24) is 4.98 Å². The molecule has 0 unspecified atom stereocenters. The number of nitrogens with zero attached hydrogens (tertiary/aromatic N) is 2. The third-order valence-electron chi connectivity index (χ3n) is 2.91. The van der Waals surface area contributed by atoms with Gasteiger partial charge in [0.1, 0.15) is 5.82 Å². The smallest absolute Gasteiger partial charge is 0.339 e. The fraction of sp³-hybridized carbons (Fsp3) is 0.200. The van der Waals surface area contributed by atoms with Gasteiger partial charge in [0.05, 0.1) is 24.9 Å². The Morgan fingerprint density at radius 1 is 1.25 bits per heavy atom. The summed E-state index contributed by atoms with van der Waals surface area (Å²) in [6, 6.07) is 9.69. The topological polar surface area (TPSA) is 42.4 Å². The first-order valence-electron chi connectivity index (χ1n) is 6.10. The highest BCUT2D eigenvalue weighted by molar-refractivity contribution is 5.88. The second-order valence-electron chi connectivity index (χ2n) is 4.36. The maximum Gasteiger partial charge on any atom is 0.339 e. The molecule has 1 aromatic heterocycles. The Bertz CT molecular complexity index is 582. The molecule has 0 fully saturated rings. The summed E-state index contributed by atoms with van der Waals surface area (Å²) >= 11 is 0. The van der Waals surface area contributed by atoms with Crippen molar-refractivity contribution in [2.45, 2.75) is 6.54 Å². The maximum atomic E-state index is 12.9. The van der Waals surface area contributed by atoms with Crippen molar-refractivity contribution in [2.75, 3.05) is 19.1 Å². The second-order valence-corrected chi connectivity index (χ2v) is 4.36. The van der Waals surface area contributed by atoms with Crippen molar-refractivity contribution in [2.24, 2.45) is 0 Å². The van der Waals surface area contributed by atoms with Crippen molar-refractivity contribution in [3.8, 4) is 0 Å². The molecule has 0 bridgehead atoms. The van der Waals surface area contributed by atoms with Gasteiger partial charge in [-0.2, -0.15) is 0 Å². The zero-order chi connectivity index (χ0) is 14.5. The number of pyridine rings is 1. The first kappa shape index (κ1) is 14.0. The molecule has 0 spiro atoms. The molecule has 2 aromatic rings. The molecule has 0 aliphatic heterocycles. The lowest BCUT2D eigenvalue weighted by molar-refractivity contribution is 0.0600. The molecule has 0 radical (unpaired) electrons. The largest absolute Gasteiger partial charge is 0.465 e. The summed E-state index contributed by atoms with van der Waals surface area (Å²) < 4.78 is 17.5. The highest BCUT2D eigenvalue weighted by Crippen LogP contribution is 2.15. The Balaban J connectivity index is 2.06. The third-order valence-corrected chi connectivity index (χ3v) is 2.91. The molecular weight excluding hydrogens is 259 g/mol. The van der Waals surface area contributed by atoms with E-state index in [9.17, 15) is 9.18 Å². The number of anilines is 1. The van der Waals surface area contributed by atoms with E-state index in [0.29, 0.717) is 12.1 Å². The number of rotatable bonds is 4. The van der Waals surface area contributed by atoms with Crippen LogP contribution in [-0.2, 0) is 11.3 Å². The van der Waals surface area contributed by atoms with Crippen LogP contribution in [0.25, 0.3) is 0 Å². The Labute approximate surface area is 116 Å². The lowest BCUT2D eigenvalue weighted by Crippen LogP contribution is -2.17. The number of hydrogen-bond donors (Lipinski definition) is 0. The van der Waals surface area contributed by atoms with E-state index in [0.717, 1.165) is 11.4 Å². The van der Waals surface area contributed by atoms with Gasteiger partial charge in [-0.25, -0.2) is 9.18 Å². The lowest BCUT2D eigenvalue weighted by atomic mass is 10.2. The number of benzene rings is 1. The summed E-state index contributed by atoms with van der Waals surface area (Å²) in [6.45, 7) is 0.563. The van der Waals surface area contributed by atoms with Crippen LogP contribution in [0.4, 0.5) is 10.1 Å². The highest BCUT2D eigenvalue weighted by Gasteiger charge is 2.07. The van der Waals surface area contributed by atoms with E-state index >= 15 is 0 Å². The summed E-state index contributed by atoms with van der Waals surface area (Å²) in [6.07, 6.45) is 1.49. The molecule has 1 aromatic carbocycles. The summed E-state index contributed by atoms with van der Waals surface area (Å²) in [5.41, 5.74) is 2.12. The standard InChI is InChI=1S/C15H15FN2O2/c1-18(14-7-4-12(16)5-8-14)10-13-6-3-11(9-17-13)15(19)20-2/h3-9H,10H2,1-2H3. The average Bonchev–Trinajstić information content (AvgIpc) is 2.48. The zero-order valence-electron chi connectivity index (χ0n) is 11.3. The van der Waals surface area contributed by atoms with E-state index in [1.165, 1.54) is 25.4 Å². The lowest BCUT2D eigenvalue weighted by Gasteiger charge is -2.18. The zero-order valence-corrected chi connectivity index (χ0v) is 11.3. The van der Waals surface area contributed by atoms with Crippen LogP contribution in [0.2, 0.25) is 0 Å². The van der Waals surface area contributed by atoms with Gasteiger partial charge in [0.25, 0.3) is 0 Å². The van der Waals surface area contributed by atoms with E-state index in [1.807, 2.05) is 11.9 Å². The quantitative estimate of drug-likeness (QED) is 0.804. The summed E-state index contributed by atoms with van der Waals surface area (Å²) in [5, 5.41) is 0. The van der Waals surface area contributed by atoms with Crippen LogP contribution in [0.5, 0.6) is 0 Å². The predicted octanol–water partition coefficient (Wildman–Crippen LogP) is 2.64. The molecular formula is C15H15FN2O2. The second kappa shape index (κ2) is 6.14. The van der Waals surface area contributed by atoms with Crippen LogP contribution < -0.4 is 4.90 Å². The minimum Gasteiger partial charge on any atom is -0.465 e. The van der Waals surface area contributed by atoms with Gasteiger partial charge >= 0.3 is 5.97 Å². The Kier molecular flexibility index (Phi) is 4.30. The minimum atomic E-state index is -0.407. The molecule has 20 heavy (non-hydrogen) atoms. The van der Waals surface area contributed by atoms with Crippen LogP contribution in [-0.4, -0.2) is 25.1 Å². The number of esters is 1. The van der Waals surface area contributed by atoms with Gasteiger partial charge in [-0.3, -0.25) is 4.98 Å². The number of carbonyl (C=O) groups excluding carboxylic acids is 1. The molecule has 0 amide bonds. The fourth-order valence-corrected chi connectivity index (χ4v) is 1.79. The third kappa shape index (κ3) is 3.32. The van der Waals surface area contributed by atoms with Crippen molar-refractivity contribution in [3.05, 3.63) is 59.7 Å². The number of hydrogen-bond acceptors (Lipinski definition) is 4. The molecule has 0 atom stereocenters. The Hall–Kier alpha value is -2.43. The summed E-state index contributed by atoms with van der Waals surface area (Å²) in [5.74, 6) is -0.668. The van der Waals surface area contributed by atoms with Crippen molar-refractivity contribution in [3.63, 3.8) is 0 Å². The SMILES string of the molecule is COC(=O)c1ccc(CN(C)c2ccc(F)cc2)nc1. The van der Waals surface area contributed by atoms with Gasteiger partial charge in [0.15, 0.2) is 0 Å². The molecule has 2 rings (SSSR count). The molecule has 4 nitrogen and oxygen atoms in total. The van der Waals surface area contributed by atoms with Crippen molar-refractivity contribution >= 4 is 11.7 Å². The van der Waals surface area contributed by atoms with Gasteiger partial charge in [0, 0.05) is 18.9 Å². The molecule has 0 aliphatic rings. The molecule has 1 heterocycles. The molecule has 0 aliphatic carbocycles. The van der Waals surface area contributed by atoms with Crippen LogP contribution in [0.15, 0.2) is 42.6 Å².